The Morgan fingerprint density at radius 1 is 0.911 bits per heavy atom. The first-order valence-corrected chi connectivity index (χ1v) is 14.8. The minimum absolute atomic E-state index is 0.0805. The fraction of sp³-hybridized carbons (Fsp3) is 0.167. The van der Waals surface area contributed by atoms with Crippen molar-refractivity contribution in [3.8, 4) is 17.2 Å². The summed E-state index contributed by atoms with van der Waals surface area (Å²) in [5.41, 5.74) is 3.56. The molecule has 2 amide bonds. The molecule has 0 aliphatic carbocycles. The molecular weight excluding hydrogens is 570 g/mol. The van der Waals surface area contributed by atoms with E-state index in [9.17, 15) is 14.7 Å². The highest BCUT2D eigenvalue weighted by Crippen LogP contribution is 2.46. The van der Waals surface area contributed by atoms with Crippen LogP contribution in [0.15, 0.2) is 106 Å². The van der Waals surface area contributed by atoms with E-state index in [1.165, 1.54) is 0 Å². The SMILES string of the molecule is CN(C(=O)NCCc1c(C(c2cccc3c2OCCO3)c2c(O)c3ccccc3oc2=O)[nH]c2ccccc12)c1ccccc1. The highest BCUT2D eigenvalue weighted by molar-refractivity contribution is 5.91. The van der Waals surface area contributed by atoms with Gasteiger partial charge in [0.2, 0.25) is 0 Å². The third kappa shape index (κ3) is 5.12. The maximum absolute atomic E-state index is 13.8. The summed E-state index contributed by atoms with van der Waals surface area (Å²) in [6, 6.07) is 29.5. The predicted molar refractivity (Wildman–Crippen MR) is 173 cm³/mol. The molecule has 45 heavy (non-hydrogen) atoms. The Kier molecular flexibility index (Phi) is 7.34. The second-order valence-electron chi connectivity index (χ2n) is 10.9. The zero-order valence-electron chi connectivity index (χ0n) is 24.6. The molecule has 0 saturated carbocycles. The van der Waals surface area contributed by atoms with E-state index in [0.29, 0.717) is 59.9 Å². The molecule has 0 bridgehead atoms. The molecule has 226 valence electrons. The Hall–Kier alpha value is -5.70. The van der Waals surface area contributed by atoms with Gasteiger partial charge >= 0.3 is 11.7 Å². The number of hydrogen-bond donors (Lipinski definition) is 3. The Labute approximate surface area is 258 Å². The number of aromatic nitrogens is 1. The molecule has 1 aliphatic heterocycles. The van der Waals surface area contributed by atoms with Crippen molar-refractivity contribution in [2.24, 2.45) is 0 Å². The number of H-pyrrole nitrogens is 1. The Morgan fingerprint density at radius 3 is 2.49 bits per heavy atom. The van der Waals surface area contributed by atoms with Gasteiger partial charge in [-0.25, -0.2) is 9.59 Å². The fourth-order valence-corrected chi connectivity index (χ4v) is 6.10. The number of hydrogen-bond acceptors (Lipinski definition) is 6. The average Bonchev–Trinajstić information content (AvgIpc) is 3.44. The third-order valence-corrected chi connectivity index (χ3v) is 8.25. The summed E-state index contributed by atoms with van der Waals surface area (Å²) in [5, 5.41) is 16.1. The standard InChI is InChI=1S/C36H31N3O6/c1-39(22-10-3-2-4-11-22)36(42)37-19-18-24-23-12-5-7-15-27(23)38-32(24)30(26-14-9-17-29-34(26)44-21-20-43-29)31-33(40)25-13-6-8-16-28(25)45-35(31)41/h2-17,30,38,40H,18-21H2,1H3,(H,37,42). The van der Waals surface area contributed by atoms with Crippen LogP contribution < -0.4 is 25.3 Å². The van der Waals surface area contributed by atoms with Crippen LogP contribution in [0.2, 0.25) is 0 Å². The van der Waals surface area contributed by atoms with Gasteiger partial charge < -0.3 is 29.3 Å². The number of nitrogens with one attached hydrogen (secondary N) is 2. The maximum Gasteiger partial charge on any atom is 0.344 e. The first-order valence-electron chi connectivity index (χ1n) is 14.8. The van der Waals surface area contributed by atoms with Crippen LogP contribution in [0.4, 0.5) is 10.5 Å². The quantitative estimate of drug-likeness (QED) is 0.185. The Balaban J connectivity index is 1.36. The number of urea groups is 1. The normalized spacial score (nSPS) is 13.1. The lowest BCUT2D eigenvalue weighted by molar-refractivity contribution is 0.169. The second kappa shape index (κ2) is 11.8. The molecule has 9 heteroatoms. The molecule has 4 aromatic carbocycles. The number of ether oxygens (including phenoxy) is 2. The van der Waals surface area contributed by atoms with Gasteiger partial charge in [-0.05, 0) is 48.4 Å². The number of aromatic hydroxyl groups is 1. The number of rotatable bonds is 7. The third-order valence-electron chi connectivity index (χ3n) is 8.25. The van der Waals surface area contributed by atoms with Gasteiger partial charge in [0.15, 0.2) is 11.5 Å². The lowest BCUT2D eigenvalue weighted by atomic mass is 9.84. The van der Waals surface area contributed by atoms with E-state index in [0.717, 1.165) is 22.2 Å². The van der Waals surface area contributed by atoms with Crippen molar-refractivity contribution in [3.05, 3.63) is 130 Å². The van der Waals surface area contributed by atoms with Gasteiger partial charge in [0.05, 0.1) is 16.9 Å². The number of amides is 2. The van der Waals surface area contributed by atoms with E-state index >= 15 is 0 Å². The highest BCUT2D eigenvalue weighted by Gasteiger charge is 2.34. The van der Waals surface area contributed by atoms with E-state index in [1.807, 2.05) is 72.8 Å². The summed E-state index contributed by atoms with van der Waals surface area (Å²) in [6.45, 7) is 1.07. The number of aromatic amines is 1. The first kappa shape index (κ1) is 28.1. The van der Waals surface area contributed by atoms with Gasteiger partial charge in [-0.3, -0.25) is 4.90 Å². The molecule has 1 atom stereocenters. The first-order chi connectivity index (χ1) is 22.0. The van der Waals surface area contributed by atoms with Gasteiger partial charge in [-0.1, -0.05) is 60.7 Å². The second-order valence-corrected chi connectivity index (χ2v) is 10.9. The molecule has 3 heterocycles. The summed E-state index contributed by atoms with van der Waals surface area (Å²) in [7, 11) is 1.72. The van der Waals surface area contributed by atoms with Crippen LogP contribution in [0.25, 0.3) is 21.9 Å². The van der Waals surface area contributed by atoms with E-state index < -0.39 is 11.5 Å². The number of fused-ring (bicyclic) bond motifs is 3. The van der Waals surface area contributed by atoms with Crippen molar-refractivity contribution < 1.29 is 23.8 Å². The summed E-state index contributed by atoms with van der Waals surface area (Å²) in [6.07, 6.45) is 0.441. The van der Waals surface area contributed by atoms with Crippen molar-refractivity contribution in [1.82, 2.24) is 10.3 Å². The maximum atomic E-state index is 13.8. The van der Waals surface area contributed by atoms with Crippen LogP contribution in [-0.2, 0) is 6.42 Å². The number of nitrogens with zero attached hydrogens (tertiary/aromatic N) is 1. The van der Waals surface area contributed by atoms with E-state index in [-0.39, 0.29) is 17.3 Å². The van der Waals surface area contributed by atoms with Crippen LogP contribution in [0, 0.1) is 0 Å². The minimum atomic E-state index is -0.812. The van der Waals surface area contributed by atoms with Gasteiger partial charge in [0, 0.05) is 41.4 Å². The van der Waals surface area contributed by atoms with Crippen molar-refractivity contribution in [3.63, 3.8) is 0 Å². The number of carbonyl (C=O) groups is 1. The predicted octanol–water partition coefficient (Wildman–Crippen LogP) is 6.32. The monoisotopic (exact) mass is 601 g/mol. The van der Waals surface area contributed by atoms with E-state index in [2.05, 4.69) is 10.3 Å². The fourth-order valence-electron chi connectivity index (χ4n) is 6.10. The average molecular weight is 602 g/mol. The lowest BCUT2D eigenvalue weighted by Gasteiger charge is -2.26. The van der Waals surface area contributed by atoms with Crippen molar-refractivity contribution in [2.75, 3.05) is 31.7 Å². The minimum Gasteiger partial charge on any atom is -0.507 e. The van der Waals surface area contributed by atoms with Crippen molar-refractivity contribution in [2.45, 2.75) is 12.3 Å². The molecule has 3 N–H and O–H groups in total. The van der Waals surface area contributed by atoms with Crippen LogP contribution in [0.1, 0.15) is 28.3 Å². The number of carbonyl (C=O) groups excluding carboxylic acids is 1. The van der Waals surface area contributed by atoms with Crippen LogP contribution in [0.5, 0.6) is 17.2 Å². The van der Waals surface area contributed by atoms with E-state index in [1.54, 1.807) is 36.2 Å². The van der Waals surface area contributed by atoms with Crippen LogP contribution in [0.3, 0.4) is 0 Å². The van der Waals surface area contributed by atoms with E-state index in [4.69, 9.17) is 13.9 Å². The van der Waals surface area contributed by atoms with Crippen LogP contribution in [-0.4, -0.2) is 42.9 Å². The molecule has 0 spiro atoms. The van der Waals surface area contributed by atoms with Gasteiger partial charge in [-0.15, -0.1) is 0 Å². The lowest BCUT2D eigenvalue weighted by Crippen LogP contribution is -2.38. The summed E-state index contributed by atoms with van der Waals surface area (Å²) < 4.78 is 17.8. The van der Waals surface area contributed by atoms with Crippen LogP contribution >= 0.6 is 0 Å². The molecule has 0 fully saturated rings. The summed E-state index contributed by atoms with van der Waals surface area (Å²) >= 11 is 0. The number of anilines is 1. The zero-order chi connectivity index (χ0) is 30.9. The Bertz CT molecular complexity index is 2080. The molecule has 1 aliphatic rings. The van der Waals surface area contributed by atoms with Gasteiger partial charge in [-0.2, -0.15) is 0 Å². The molecule has 2 aromatic heterocycles. The Morgan fingerprint density at radius 2 is 1.64 bits per heavy atom. The van der Waals surface area contributed by atoms with Gasteiger partial charge in [0.1, 0.15) is 24.5 Å². The molecule has 0 saturated heterocycles. The van der Waals surface area contributed by atoms with Gasteiger partial charge in [0.25, 0.3) is 0 Å². The smallest absolute Gasteiger partial charge is 0.344 e. The molecule has 0 radical (unpaired) electrons. The zero-order valence-corrected chi connectivity index (χ0v) is 24.6. The topological polar surface area (TPSA) is 117 Å². The molecular formula is C36H31N3O6. The molecule has 1 unspecified atom stereocenters. The molecule has 7 rings (SSSR count). The van der Waals surface area contributed by atoms with Crippen molar-refractivity contribution in [1.29, 1.82) is 0 Å². The van der Waals surface area contributed by atoms with Crippen molar-refractivity contribution >= 4 is 33.6 Å². The molecule has 6 aromatic rings. The summed E-state index contributed by atoms with van der Waals surface area (Å²) in [4.78, 5) is 31.9. The highest BCUT2D eigenvalue weighted by atomic mass is 16.6. The number of para-hydroxylation sites is 4. The number of benzene rings is 4. The molecule has 9 nitrogen and oxygen atoms in total. The largest absolute Gasteiger partial charge is 0.507 e. The summed E-state index contributed by atoms with van der Waals surface area (Å²) in [5.74, 6) is 0.0848.